The Morgan fingerprint density at radius 1 is 1.04 bits per heavy atom. The SMILES string of the molecule is O=C(Nc1ccc2c(c1)N(C(=O)c1cccnc1)CC2)c1cnccn1. The van der Waals surface area contributed by atoms with Gasteiger partial charge in [-0.2, -0.15) is 0 Å². The molecular formula is C19H15N5O2. The van der Waals surface area contributed by atoms with Gasteiger partial charge in [0.25, 0.3) is 11.8 Å². The standard InChI is InChI=1S/C19H15N5O2/c25-18(16-12-21-7-8-22-16)23-15-4-3-13-5-9-24(17(13)10-15)19(26)14-2-1-6-20-11-14/h1-4,6-8,10-12H,5,9H2,(H,23,25). The summed E-state index contributed by atoms with van der Waals surface area (Å²) in [6, 6.07) is 9.04. The summed E-state index contributed by atoms with van der Waals surface area (Å²) < 4.78 is 0. The molecule has 2 amide bonds. The number of amides is 2. The van der Waals surface area contributed by atoms with E-state index in [1.54, 1.807) is 29.4 Å². The number of aromatic nitrogens is 3. The van der Waals surface area contributed by atoms with E-state index in [1.165, 1.54) is 18.6 Å². The van der Waals surface area contributed by atoms with E-state index in [2.05, 4.69) is 20.3 Å². The highest BCUT2D eigenvalue weighted by Gasteiger charge is 2.26. The molecule has 1 N–H and O–H groups in total. The van der Waals surface area contributed by atoms with Crippen molar-refractivity contribution in [2.75, 3.05) is 16.8 Å². The molecule has 7 nitrogen and oxygen atoms in total. The van der Waals surface area contributed by atoms with Gasteiger partial charge in [-0.15, -0.1) is 0 Å². The summed E-state index contributed by atoms with van der Waals surface area (Å²) in [5, 5.41) is 2.80. The fourth-order valence-electron chi connectivity index (χ4n) is 2.92. The predicted octanol–water partition coefficient (Wildman–Crippen LogP) is 2.33. The maximum Gasteiger partial charge on any atom is 0.275 e. The number of nitrogens with zero attached hydrogens (tertiary/aromatic N) is 4. The number of fused-ring (bicyclic) bond motifs is 1. The van der Waals surface area contributed by atoms with Crippen molar-refractivity contribution >= 4 is 23.2 Å². The maximum atomic E-state index is 12.7. The summed E-state index contributed by atoms with van der Waals surface area (Å²) >= 11 is 0. The van der Waals surface area contributed by atoms with Crippen molar-refractivity contribution < 1.29 is 9.59 Å². The molecule has 26 heavy (non-hydrogen) atoms. The predicted molar refractivity (Wildman–Crippen MR) is 96.0 cm³/mol. The van der Waals surface area contributed by atoms with E-state index in [-0.39, 0.29) is 17.5 Å². The van der Waals surface area contributed by atoms with Crippen LogP contribution in [0.25, 0.3) is 0 Å². The van der Waals surface area contributed by atoms with Crippen LogP contribution in [0, 0.1) is 0 Å². The Morgan fingerprint density at radius 2 is 1.92 bits per heavy atom. The number of rotatable bonds is 3. The van der Waals surface area contributed by atoms with Crippen LogP contribution in [0.3, 0.4) is 0 Å². The van der Waals surface area contributed by atoms with Crippen molar-refractivity contribution in [1.29, 1.82) is 0 Å². The first-order valence-electron chi connectivity index (χ1n) is 8.14. The molecule has 0 unspecified atom stereocenters. The monoisotopic (exact) mass is 345 g/mol. The maximum absolute atomic E-state index is 12.7. The minimum Gasteiger partial charge on any atom is -0.321 e. The molecule has 1 aliphatic rings. The zero-order valence-corrected chi connectivity index (χ0v) is 13.8. The second-order valence-electron chi connectivity index (χ2n) is 5.84. The molecule has 1 aromatic carbocycles. The summed E-state index contributed by atoms with van der Waals surface area (Å²) in [6.07, 6.45) is 8.34. The van der Waals surface area contributed by atoms with E-state index in [1.807, 2.05) is 18.2 Å². The van der Waals surface area contributed by atoms with Crippen molar-refractivity contribution in [1.82, 2.24) is 15.0 Å². The van der Waals surface area contributed by atoms with Crippen LogP contribution in [0.2, 0.25) is 0 Å². The van der Waals surface area contributed by atoms with E-state index < -0.39 is 0 Å². The Labute approximate surface area is 149 Å². The van der Waals surface area contributed by atoms with Crippen LogP contribution in [0.4, 0.5) is 11.4 Å². The highest BCUT2D eigenvalue weighted by Crippen LogP contribution is 2.32. The van der Waals surface area contributed by atoms with E-state index in [0.717, 1.165) is 17.7 Å². The van der Waals surface area contributed by atoms with Crippen LogP contribution >= 0.6 is 0 Å². The lowest BCUT2D eigenvalue weighted by molar-refractivity contribution is 0.0987. The van der Waals surface area contributed by atoms with Gasteiger partial charge in [0, 0.05) is 42.7 Å². The Bertz CT molecular complexity index is 960. The number of nitrogens with one attached hydrogen (secondary N) is 1. The van der Waals surface area contributed by atoms with Crippen LogP contribution in [0.5, 0.6) is 0 Å². The summed E-state index contributed by atoms with van der Waals surface area (Å²) in [5.74, 6) is -0.449. The smallest absolute Gasteiger partial charge is 0.275 e. The molecule has 2 aromatic heterocycles. The molecule has 0 radical (unpaired) electrons. The molecule has 0 spiro atoms. The molecule has 3 aromatic rings. The first kappa shape index (κ1) is 15.9. The topological polar surface area (TPSA) is 88.1 Å². The van der Waals surface area contributed by atoms with Gasteiger partial charge in [0.05, 0.1) is 11.8 Å². The Balaban J connectivity index is 1.58. The van der Waals surface area contributed by atoms with Gasteiger partial charge in [0.1, 0.15) is 5.69 Å². The van der Waals surface area contributed by atoms with E-state index in [9.17, 15) is 9.59 Å². The third-order valence-corrected chi connectivity index (χ3v) is 4.19. The second-order valence-corrected chi connectivity index (χ2v) is 5.84. The number of hydrogen-bond acceptors (Lipinski definition) is 5. The zero-order chi connectivity index (χ0) is 17.9. The number of hydrogen-bond donors (Lipinski definition) is 1. The Morgan fingerprint density at radius 3 is 2.69 bits per heavy atom. The molecule has 0 atom stereocenters. The fourth-order valence-corrected chi connectivity index (χ4v) is 2.92. The molecular weight excluding hydrogens is 330 g/mol. The van der Waals surface area contributed by atoms with Crippen LogP contribution in [-0.4, -0.2) is 33.3 Å². The first-order valence-corrected chi connectivity index (χ1v) is 8.14. The molecule has 128 valence electrons. The minimum atomic E-state index is -0.346. The molecule has 0 aliphatic carbocycles. The second kappa shape index (κ2) is 6.72. The molecule has 0 saturated carbocycles. The van der Waals surface area contributed by atoms with Crippen molar-refractivity contribution in [3.05, 3.63) is 78.1 Å². The quantitative estimate of drug-likeness (QED) is 0.787. The third kappa shape index (κ3) is 3.02. The highest BCUT2D eigenvalue weighted by atomic mass is 16.2. The van der Waals surface area contributed by atoms with Gasteiger partial charge in [-0.25, -0.2) is 4.98 Å². The first-order chi connectivity index (χ1) is 12.7. The number of carbonyl (C=O) groups excluding carboxylic acids is 2. The number of pyridine rings is 1. The van der Waals surface area contributed by atoms with Gasteiger partial charge in [-0.1, -0.05) is 6.07 Å². The number of carbonyl (C=O) groups is 2. The van der Waals surface area contributed by atoms with E-state index >= 15 is 0 Å². The van der Waals surface area contributed by atoms with Gasteiger partial charge in [-0.05, 0) is 36.2 Å². The molecule has 7 heteroatoms. The van der Waals surface area contributed by atoms with E-state index in [4.69, 9.17) is 0 Å². The van der Waals surface area contributed by atoms with Gasteiger partial charge in [-0.3, -0.25) is 19.6 Å². The lowest BCUT2D eigenvalue weighted by Gasteiger charge is -2.18. The van der Waals surface area contributed by atoms with Gasteiger partial charge in [0.2, 0.25) is 0 Å². The number of benzene rings is 1. The Hall–Kier alpha value is -3.61. The van der Waals surface area contributed by atoms with E-state index in [0.29, 0.717) is 17.8 Å². The van der Waals surface area contributed by atoms with Crippen molar-refractivity contribution in [3.63, 3.8) is 0 Å². The number of anilines is 2. The summed E-state index contributed by atoms with van der Waals surface area (Å²) in [5.41, 5.74) is 3.24. The molecule has 1 aliphatic heterocycles. The molecule has 0 saturated heterocycles. The minimum absolute atomic E-state index is 0.103. The van der Waals surface area contributed by atoms with Crippen LogP contribution in [0.15, 0.2) is 61.3 Å². The lowest BCUT2D eigenvalue weighted by Crippen LogP contribution is -2.29. The van der Waals surface area contributed by atoms with Crippen LogP contribution < -0.4 is 10.2 Å². The average Bonchev–Trinajstić information content (AvgIpc) is 3.12. The molecule has 3 heterocycles. The summed E-state index contributed by atoms with van der Waals surface area (Å²) in [7, 11) is 0. The van der Waals surface area contributed by atoms with Crippen LogP contribution in [-0.2, 0) is 6.42 Å². The molecule has 0 bridgehead atoms. The van der Waals surface area contributed by atoms with Gasteiger partial charge < -0.3 is 10.2 Å². The summed E-state index contributed by atoms with van der Waals surface area (Å²) in [4.78, 5) is 38.6. The largest absolute Gasteiger partial charge is 0.321 e. The van der Waals surface area contributed by atoms with Gasteiger partial charge >= 0.3 is 0 Å². The fraction of sp³-hybridized carbons (Fsp3) is 0.105. The summed E-state index contributed by atoms with van der Waals surface area (Å²) in [6.45, 7) is 0.602. The average molecular weight is 345 g/mol. The van der Waals surface area contributed by atoms with Crippen molar-refractivity contribution in [3.8, 4) is 0 Å². The lowest BCUT2D eigenvalue weighted by atomic mass is 10.1. The zero-order valence-electron chi connectivity index (χ0n) is 13.8. The normalized spacial score (nSPS) is 12.5. The van der Waals surface area contributed by atoms with Crippen molar-refractivity contribution in [2.45, 2.75) is 6.42 Å². The molecule has 0 fully saturated rings. The highest BCUT2D eigenvalue weighted by molar-refractivity contribution is 6.08. The third-order valence-electron chi connectivity index (χ3n) is 4.19. The Kier molecular flexibility index (Phi) is 4.10. The molecule has 4 rings (SSSR count). The van der Waals surface area contributed by atoms with Crippen molar-refractivity contribution in [2.24, 2.45) is 0 Å². The van der Waals surface area contributed by atoms with Crippen LogP contribution in [0.1, 0.15) is 26.4 Å². The van der Waals surface area contributed by atoms with Gasteiger partial charge in [0.15, 0.2) is 0 Å².